The average Bonchev–Trinajstić information content (AvgIpc) is 3.74. The molecule has 4 nitrogen and oxygen atoms in total. The van der Waals surface area contributed by atoms with E-state index in [-0.39, 0.29) is 0 Å². The second-order valence-corrected chi connectivity index (χ2v) is 12.9. The van der Waals surface area contributed by atoms with E-state index in [1.165, 1.54) is 32.7 Å². The van der Waals surface area contributed by atoms with Gasteiger partial charge in [0.2, 0.25) is 5.95 Å². The predicted octanol–water partition coefficient (Wildman–Crippen LogP) is 12.3. The van der Waals surface area contributed by atoms with Crippen LogP contribution < -0.4 is 0 Å². The van der Waals surface area contributed by atoms with Gasteiger partial charge in [0.15, 0.2) is 0 Å². The van der Waals surface area contributed by atoms with Crippen molar-refractivity contribution in [1.29, 1.82) is 0 Å². The van der Waals surface area contributed by atoms with E-state index in [2.05, 4.69) is 162 Å². The number of rotatable bonds is 3. The monoisotopic (exact) mass is 637 g/mol. The van der Waals surface area contributed by atoms with E-state index in [0.717, 1.165) is 65.9 Å². The summed E-state index contributed by atoms with van der Waals surface area (Å²) in [6.07, 6.45) is 0. The van der Waals surface area contributed by atoms with Gasteiger partial charge in [0.05, 0.1) is 22.2 Å². The lowest BCUT2D eigenvalue weighted by Gasteiger charge is -2.12. The fourth-order valence-corrected chi connectivity index (χ4v) is 7.94. The summed E-state index contributed by atoms with van der Waals surface area (Å²) in [5, 5.41) is 10.2. The maximum atomic E-state index is 6.60. The molecule has 0 saturated heterocycles. The minimum Gasteiger partial charge on any atom is -0.455 e. The van der Waals surface area contributed by atoms with E-state index in [1.807, 2.05) is 6.07 Å². The Balaban J connectivity index is 1.24. The van der Waals surface area contributed by atoms with Gasteiger partial charge in [-0.2, -0.15) is 0 Å². The summed E-state index contributed by atoms with van der Waals surface area (Å²) in [5.74, 6) is 0.636. The Morgan fingerprint density at radius 2 is 1.16 bits per heavy atom. The van der Waals surface area contributed by atoms with Crippen molar-refractivity contribution in [3.8, 4) is 28.3 Å². The highest BCUT2D eigenvalue weighted by molar-refractivity contribution is 6.22. The summed E-state index contributed by atoms with van der Waals surface area (Å²) < 4.78 is 8.84. The lowest BCUT2D eigenvalue weighted by Crippen LogP contribution is -2.03. The van der Waals surface area contributed by atoms with Crippen molar-refractivity contribution in [3.05, 3.63) is 164 Å². The summed E-state index contributed by atoms with van der Waals surface area (Å²) in [5.41, 5.74) is 9.03. The van der Waals surface area contributed by atoms with E-state index in [1.54, 1.807) is 0 Å². The van der Waals surface area contributed by atoms with Gasteiger partial charge < -0.3 is 4.42 Å². The number of aromatic nitrogens is 3. The molecule has 0 unspecified atom stereocenters. The van der Waals surface area contributed by atoms with Crippen LogP contribution in [-0.2, 0) is 0 Å². The standard InChI is InChI=1S/C46H27N3O/c1-2-11-28(12-3-1)31-23-25-39-37(27-31)42-32-15-6-4-13-29(32)22-26-40(42)49(39)46-47-38-19-9-8-17-34(38)44(48-46)35-18-10-20-41-43(35)36-24-21-30-14-5-7-16-33(30)45(36)50-41/h1-27H. The third-order valence-electron chi connectivity index (χ3n) is 10.2. The Bertz CT molecular complexity index is 3150. The molecule has 0 aliphatic carbocycles. The van der Waals surface area contributed by atoms with Crippen LogP contribution in [0.25, 0.3) is 105 Å². The minimum atomic E-state index is 0.636. The molecule has 0 atom stereocenters. The highest BCUT2D eigenvalue weighted by Gasteiger charge is 2.22. The molecule has 0 aliphatic rings. The summed E-state index contributed by atoms with van der Waals surface area (Å²) >= 11 is 0. The highest BCUT2D eigenvalue weighted by atomic mass is 16.3. The van der Waals surface area contributed by atoms with Gasteiger partial charge in [0, 0.05) is 37.9 Å². The van der Waals surface area contributed by atoms with Crippen LogP contribution in [0.15, 0.2) is 168 Å². The first kappa shape index (κ1) is 27.2. The SMILES string of the molecule is c1ccc(-c2ccc3c(c2)c2c4ccccc4ccc2n3-c2nc(-c3cccc4oc5c6ccccc6ccc5c34)c3ccccc3n2)cc1. The number of nitrogens with zero attached hydrogens (tertiary/aromatic N) is 3. The molecule has 0 spiro atoms. The van der Waals surface area contributed by atoms with Crippen LogP contribution in [0.5, 0.6) is 0 Å². The molecule has 0 amide bonds. The summed E-state index contributed by atoms with van der Waals surface area (Å²) in [4.78, 5) is 10.7. The maximum absolute atomic E-state index is 6.60. The van der Waals surface area contributed by atoms with Gasteiger partial charge in [-0.05, 0) is 63.7 Å². The molecule has 232 valence electrons. The van der Waals surface area contributed by atoms with E-state index >= 15 is 0 Å². The van der Waals surface area contributed by atoms with E-state index < -0.39 is 0 Å². The van der Waals surface area contributed by atoms with Crippen LogP contribution in [0.1, 0.15) is 0 Å². The highest BCUT2D eigenvalue weighted by Crippen LogP contribution is 2.42. The summed E-state index contributed by atoms with van der Waals surface area (Å²) in [6, 6.07) is 57.7. The molecular formula is C46H27N3O. The van der Waals surface area contributed by atoms with Crippen molar-refractivity contribution in [2.75, 3.05) is 0 Å². The van der Waals surface area contributed by atoms with Gasteiger partial charge in [-0.15, -0.1) is 0 Å². The Hall–Kier alpha value is -6.78. The molecule has 4 heteroatoms. The van der Waals surface area contributed by atoms with E-state index in [4.69, 9.17) is 14.4 Å². The van der Waals surface area contributed by atoms with E-state index in [9.17, 15) is 0 Å². The molecule has 0 aliphatic heterocycles. The van der Waals surface area contributed by atoms with Crippen molar-refractivity contribution in [3.63, 3.8) is 0 Å². The van der Waals surface area contributed by atoms with Gasteiger partial charge in [-0.1, -0.05) is 127 Å². The normalized spacial score (nSPS) is 12.0. The zero-order chi connectivity index (χ0) is 32.8. The third-order valence-corrected chi connectivity index (χ3v) is 10.2. The van der Waals surface area contributed by atoms with Crippen molar-refractivity contribution in [2.24, 2.45) is 0 Å². The van der Waals surface area contributed by atoms with Gasteiger partial charge in [0.1, 0.15) is 11.2 Å². The predicted molar refractivity (Wildman–Crippen MR) is 207 cm³/mol. The zero-order valence-electron chi connectivity index (χ0n) is 26.8. The molecule has 0 bridgehead atoms. The van der Waals surface area contributed by atoms with Crippen LogP contribution >= 0.6 is 0 Å². The van der Waals surface area contributed by atoms with Gasteiger partial charge >= 0.3 is 0 Å². The largest absolute Gasteiger partial charge is 0.455 e. The van der Waals surface area contributed by atoms with Crippen molar-refractivity contribution in [2.45, 2.75) is 0 Å². The molecule has 0 radical (unpaired) electrons. The molecule has 50 heavy (non-hydrogen) atoms. The van der Waals surface area contributed by atoms with E-state index in [0.29, 0.717) is 5.95 Å². The van der Waals surface area contributed by atoms with Crippen molar-refractivity contribution < 1.29 is 4.42 Å². The molecule has 0 N–H and O–H groups in total. The second-order valence-electron chi connectivity index (χ2n) is 12.9. The molecule has 11 aromatic rings. The number of furan rings is 1. The average molecular weight is 638 g/mol. The van der Waals surface area contributed by atoms with Crippen LogP contribution in [0.2, 0.25) is 0 Å². The first-order valence-corrected chi connectivity index (χ1v) is 16.9. The molecule has 8 aromatic carbocycles. The van der Waals surface area contributed by atoms with Crippen LogP contribution in [0.4, 0.5) is 0 Å². The minimum absolute atomic E-state index is 0.636. The number of fused-ring (bicyclic) bond motifs is 11. The zero-order valence-corrected chi connectivity index (χ0v) is 26.8. The summed E-state index contributed by atoms with van der Waals surface area (Å²) in [7, 11) is 0. The molecule has 3 heterocycles. The molecular weight excluding hydrogens is 611 g/mol. The Kier molecular flexibility index (Phi) is 5.63. The molecule has 0 fully saturated rings. The Morgan fingerprint density at radius 1 is 0.440 bits per heavy atom. The molecule has 11 rings (SSSR count). The maximum Gasteiger partial charge on any atom is 0.235 e. The van der Waals surface area contributed by atoms with Gasteiger partial charge in [-0.3, -0.25) is 4.57 Å². The van der Waals surface area contributed by atoms with Crippen LogP contribution in [0.3, 0.4) is 0 Å². The Labute approximate surface area is 286 Å². The first-order valence-electron chi connectivity index (χ1n) is 16.9. The van der Waals surface area contributed by atoms with Crippen LogP contribution in [0, 0.1) is 0 Å². The second kappa shape index (κ2) is 10.4. The van der Waals surface area contributed by atoms with Gasteiger partial charge in [0.25, 0.3) is 0 Å². The van der Waals surface area contributed by atoms with Gasteiger partial charge in [-0.25, -0.2) is 9.97 Å². The third kappa shape index (κ3) is 3.87. The Morgan fingerprint density at radius 3 is 2.04 bits per heavy atom. The lowest BCUT2D eigenvalue weighted by atomic mass is 9.99. The number of hydrogen-bond donors (Lipinski definition) is 0. The van der Waals surface area contributed by atoms with Crippen LogP contribution in [-0.4, -0.2) is 14.5 Å². The smallest absolute Gasteiger partial charge is 0.235 e. The number of hydrogen-bond acceptors (Lipinski definition) is 3. The molecule has 3 aromatic heterocycles. The van der Waals surface area contributed by atoms with Crippen molar-refractivity contribution >= 4 is 76.2 Å². The summed E-state index contributed by atoms with van der Waals surface area (Å²) in [6.45, 7) is 0. The quantitative estimate of drug-likeness (QED) is 0.194. The number of benzene rings is 8. The van der Waals surface area contributed by atoms with Crippen molar-refractivity contribution in [1.82, 2.24) is 14.5 Å². The number of para-hydroxylation sites is 1. The molecule has 0 saturated carbocycles. The fourth-order valence-electron chi connectivity index (χ4n) is 7.94. The fraction of sp³-hybridized carbons (Fsp3) is 0. The first-order chi connectivity index (χ1) is 24.8. The lowest BCUT2D eigenvalue weighted by molar-refractivity contribution is 0.673. The topological polar surface area (TPSA) is 43.9 Å².